The van der Waals surface area contributed by atoms with Crippen molar-refractivity contribution in [2.45, 2.75) is 58.0 Å². The van der Waals surface area contributed by atoms with Crippen LogP contribution in [0.2, 0.25) is 0 Å². The van der Waals surface area contributed by atoms with Gasteiger partial charge in [0.2, 0.25) is 5.82 Å². The molecule has 0 fully saturated rings. The largest absolute Gasteiger partial charge is 0.385 e. The third-order valence-corrected chi connectivity index (χ3v) is 4.97. The number of hydrogen-bond acceptors (Lipinski definition) is 4. The maximum absolute atomic E-state index is 11.2. The summed E-state index contributed by atoms with van der Waals surface area (Å²) in [5.41, 5.74) is 2.00. The molecule has 1 heterocycles. The number of aliphatic hydroxyl groups is 1. The molecule has 1 aromatic heterocycles. The summed E-state index contributed by atoms with van der Waals surface area (Å²) in [6.07, 6.45) is 5.80. The molecule has 1 N–H and O–H groups in total. The van der Waals surface area contributed by atoms with E-state index >= 15 is 0 Å². The van der Waals surface area contributed by atoms with Crippen LogP contribution in [0.1, 0.15) is 57.9 Å². The van der Waals surface area contributed by atoms with E-state index in [2.05, 4.69) is 29.3 Å². The molecule has 3 aromatic rings. The molecule has 0 unspecified atom stereocenters. The van der Waals surface area contributed by atoms with E-state index < -0.39 is 5.60 Å². The van der Waals surface area contributed by atoms with E-state index in [1.165, 1.54) is 4.80 Å². The number of unbranched alkanes of at least 4 members (excludes halogenated alkanes) is 2. The molecule has 0 saturated carbocycles. The quantitative estimate of drug-likeness (QED) is 0.587. The molecule has 0 aliphatic rings. The lowest BCUT2D eigenvalue weighted by Gasteiger charge is -2.29. The van der Waals surface area contributed by atoms with Gasteiger partial charge in [0.1, 0.15) is 0 Å². The maximum Gasteiger partial charge on any atom is 0.205 e. The van der Waals surface area contributed by atoms with E-state index in [4.69, 9.17) is 0 Å². The van der Waals surface area contributed by atoms with Crippen molar-refractivity contribution in [2.24, 2.45) is 0 Å². The molecule has 27 heavy (non-hydrogen) atoms. The van der Waals surface area contributed by atoms with Gasteiger partial charge < -0.3 is 5.11 Å². The fourth-order valence-electron chi connectivity index (χ4n) is 3.28. The fourth-order valence-corrected chi connectivity index (χ4v) is 3.28. The predicted octanol–water partition coefficient (Wildman–Crippen LogP) is 4.90. The van der Waals surface area contributed by atoms with Gasteiger partial charge in [-0.25, -0.2) is 0 Å². The summed E-state index contributed by atoms with van der Waals surface area (Å²) in [6, 6.07) is 17.7. The van der Waals surface area contributed by atoms with Crippen molar-refractivity contribution in [2.75, 3.05) is 0 Å². The lowest BCUT2D eigenvalue weighted by Crippen LogP contribution is -2.25. The maximum atomic E-state index is 11.2. The molecule has 0 aliphatic heterocycles. The van der Waals surface area contributed by atoms with Crippen molar-refractivity contribution in [1.29, 1.82) is 0 Å². The van der Waals surface area contributed by atoms with Crippen molar-refractivity contribution in [3.63, 3.8) is 0 Å². The van der Waals surface area contributed by atoms with E-state index in [9.17, 15) is 5.11 Å². The Balaban J connectivity index is 1.81. The average molecular weight is 364 g/mol. The van der Waals surface area contributed by atoms with E-state index in [1.807, 2.05) is 54.6 Å². The van der Waals surface area contributed by atoms with Crippen LogP contribution in [-0.4, -0.2) is 25.3 Å². The molecule has 0 bridgehead atoms. The van der Waals surface area contributed by atoms with Crippen molar-refractivity contribution in [3.05, 3.63) is 60.2 Å². The first-order valence-corrected chi connectivity index (χ1v) is 9.85. The Kier molecular flexibility index (Phi) is 6.35. The highest BCUT2D eigenvalue weighted by molar-refractivity contribution is 5.55. The first-order valence-electron chi connectivity index (χ1n) is 9.85. The smallest absolute Gasteiger partial charge is 0.205 e. The third-order valence-electron chi connectivity index (χ3n) is 4.97. The fraction of sp³-hybridized carbons (Fsp3) is 0.409. The first-order chi connectivity index (χ1) is 13.2. The van der Waals surface area contributed by atoms with Gasteiger partial charge in [-0.15, -0.1) is 15.0 Å². The average Bonchev–Trinajstić information content (AvgIpc) is 3.22. The van der Waals surface area contributed by atoms with Crippen LogP contribution in [0.15, 0.2) is 54.6 Å². The van der Waals surface area contributed by atoms with Gasteiger partial charge in [0, 0.05) is 5.56 Å². The summed E-state index contributed by atoms with van der Waals surface area (Å²) in [6.45, 7) is 4.32. The second kappa shape index (κ2) is 8.91. The SMILES string of the molecule is CCCCC(O)(CCCC)c1ccc(-c2nnn(-c3ccccc3)n2)cc1. The number of aromatic nitrogens is 4. The number of benzene rings is 2. The third kappa shape index (κ3) is 4.61. The summed E-state index contributed by atoms with van der Waals surface area (Å²) in [5.74, 6) is 0.580. The van der Waals surface area contributed by atoms with Crippen LogP contribution in [0.3, 0.4) is 0 Å². The van der Waals surface area contributed by atoms with E-state index in [0.29, 0.717) is 5.82 Å². The Labute approximate surface area is 161 Å². The second-order valence-electron chi connectivity index (χ2n) is 7.05. The number of tetrazole rings is 1. The van der Waals surface area contributed by atoms with Gasteiger partial charge in [-0.2, -0.15) is 0 Å². The minimum atomic E-state index is -0.750. The van der Waals surface area contributed by atoms with Crippen LogP contribution in [-0.2, 0) is 5.60 Å². The van der Waals surface area contributed by atoms with Crippen LogP contribution in [0.5, 0.6) is 0 Å². The highest BCUT2D eigenvalue weighted by Gasteiger charge is 2.27. The molecule has 0 aliphatic carbocycles. The summed E-state index contributed by atoms with van der Waals surface area (Å²) in [4.78, 5) is 1.53. The molecular weight excluding hydrogens is 336 g/mol. The van der Waals surface area contributed by atoms with Crippen LogP contribution >= 0.6 is 0 Å². The van der Waals surface area contributed by atoms with Crippen molar-refractivity contribution in [1.82, 2.24) is 20.2 Å². The first kappa shape index (κ1) is 19.2. The zero-order valence-corrected chi connectivity index (χ0v) is 16.2. The zero-order chi connectivity index (χ0) is 19.1. The van der Waals surface area contributed by atoms with Crippen LogP contribution in [0.25, 0.3) is 17.1 Å². The highest BCUT2D eigenvalue weighted by Crippen LogP contribution is 2.33. The Morgan fingerprint density at radius 2 is 1.52 bits per heavy atom. The predicted molar refractivity (Wildman–Crippen MR) is 108 cm³/mol. The Morgan fingerprint density at radius 1 is 0.889 bits per heavy atom. The standard InChI is InChI=1S/C22H28N4O/c1-3-5-16-22(27,17-6-4-2)19-14-12-18(13-15-19)21-23-25-26(24-21)20-10-8-7-9-11-20/h7-15,27H,3-6,16-17H2,1-2H3. The van der Waals surface area contributed by atoms with Gasteiger partial charge in [-0.3, -0.25) is 0 Å². The van der Waals surface area contributed by atoms with Crippen molar-refractivity contribution in [3.8, 4) is 17.1 Å². The molecule has 142 valence electrons. The molecule has 2 aromatic carbocycles. The van der Waals surface area contributed by atoms with E-state index in [-0.39, 0.29) is 0 Å². The summed E-state index contributed by atoms with van der Waals surface area (Å²) in [5, 5.41) is 24.0. The monoisotopic (exact) mass is 364 g/mol. The molecular formula is C22H28N4O. The lowest BCUT2D eigenvalue weighted by molar-refractivity contribution is 0.0141. The van der Waals surface area contributed by atoms with Gasteiger partial charge in [0.25, 0.3) is 0 Å². The highest BCUT2D eigenvalue weighted by atomic mass is 16.3. The second-order valence-corrected chi connectivity index (χ2v) is 7.05. The van der Waals surface area contributed by atoms with E-state index in [0.717, 1.165) is 55.3 Å². The minimum absolute atomic E-state index is 0.580. The summed E-state index contributed by atoms with van der Waals surface area (Å²) < 4.78 is 0. The Morgan fingerprint density at radius 3 is 2.11 bits per heavy atom. The van der Waals surface area contributed by atoms with Gasteiger partial charge in [0.05, 0.1) is 11.3 Å². The molecule has 5 nitrogen and oxygen atoms in total. The normalized spacial score (nSPS) is 11.7. The number of para-hydroxylation sites is 1. The van der Waals surface area contributed by atoms with Gasteiger partial charge in [-0.05, 0) is 35.8 Å². The summed E-state index contributed by atoms with van der Waals surface area (Å²) >= 11 is 0. The van der Waals surface area contributed by atoms with Crippen LogP contribution < -0.4 is 0 Å². The number of rotatable bonds is 9. The molecule has 0 atom stereocenters. The molecule has 5 heteroatoms. The number of hydrogen-bond donors (Lipinski definition) is 1. The summed E-state index contributed by atoms with van der Waals surface area (Å²) in [7, 11) is 0. The van der Waals surface area contributed by atoms with Gasteiger partial charge in [0.15, 0.2) is 0 Å². The topological polar surface area (TPSA) is 63.8 Å². The van der Waals surface area contributed by atoms with Crippen LogP contribution in [0.4, 0.5) is 0 Å². The van der Waals surface area contributed by atoms with Crippen molar-refractivity contribution >= 4 is 0 Å². The van der Waals surface area contributed by atoms with Gasteiger partial charge >= 0.3 is 0 Å². The molecule has 0 spiro atoms. The molecule has 0 radical (unpaired) electrons. The Bertz CT molecular complexity index is 819. The van der Waals surface area contributed by atoms with Gasteiger partial charge in [-0.1, -0.05) is 82.0 Å². The lowest BCUT2D eigenvalue weighted by atomic mass is 9.84. The van der Waals surface area contributed by atoms with Crippen LogP contribution in [0, 0.1) is 0 Å². The van der Waals surface area contributed by atoms with Crippen molar-refractivity contribution < 1.29 is 5.11 Å². The molecule has 0 amide bonds. The Hall–Kier alpha value is -2.53. The van der Waals surface area contributed by atoms with E-state index in [1.54, 1.807) is 0 Å². The zero-order valence-electron chi connectivity index (χ0n) is 16.2. The molecule has 0 saturated heterocycles. The molecule has 3 rings (SSSR count). The minimum Gasteiger partial charge on any atom is -0.385 e. The number of nitrogens with zero attached hydrogens (tertiary/aromatic N) is 4.